The van der Waals surface area contributed by atoms with Crippen molar-refractivity contribution in [2.24, 2.45) is 0 Å². The molecule has 1 saturated heterocycles. The zero-order chi connectivity index (χ0) is 19.2. The minimum absolute atomic E-state index is 0.265. The van der Waals surface area contributed by atoms with E-state index in [1.54, 1.807) is 30.3 Å². The quantitative estimate of drug-likeness (QED) is 0.399. The van der Waals surface area contributed by atoms with E-state index in [-0.39, 0.29) is 18.0 Å². The molecule has 0 radical (unpaired) electrons. The number of aliphatic carboxylic acids is 1. The summed E-state index contributed by atoms with van der Waals surface area (Å²) in [4.78, 5) is 48.1. The van der Waals surface area contributed by atoms with Gasteiger partial charge in [-0.05, 0) is 26.3 Å². The third kappa shape index (κ3) is 5.40. The Balaban J connectivity index is 2.11. The molecule has 1 aromatic carbocycles. The van der Waals surface area contributed by atoms with Gasteiger partial charge < -0.3 is 15.2 Å². The molecule has 0 bridgehead atoms. The highest BCUT2D eigenvalue weighted by Gasteiger charge is 2.41. The summed E-state index contributed by atoms with van der Waals surface area (Å²) in [5.41, 5.74) is 0.409. The fourth-order valence-electron chi connectivity index (χ4n) is 2.59. The number of ketones is 1. The maximum absolute atomic E-state index is 12.6. The lowest BCUT2D eigenvalue weighted by molar-refractivity contribution is -0.162. The minimum Gasteiger partial charge on any atom is -0.481 e. The van der Waals surface area contributed by atoms with Crippen LogP contribution in [0.1, 0.15) is 36.5 Å². The molecule has 1 unspecified atom stereocenters. The van der Waals surface area contributed by atoms with E-state index in [0.29, 0.717) is 18.5 Å². The van der Waals surface area contributed by atoms with Crippen LogP contribution in [0.3, 0.4) is 0 Å². The van der Waals surface area contributed by atoms with E-state index in [4.69, 9.17) is 9.84 Å². The van der Waals surface area contributed by atoms with Gasteiger partial charge in [-0.1, -0.05) is 30.3 Å². The lowest BCUT2D eigenvalue weighted by Crippen LogP contribution is -2.42. The van der Waals surface area contributed by atoms with Crippen molar-refractivity contribution < 1.29 is 29.0 Å². The Kier molecular flexibility index (Phi) is 6.93. The number of carboxylic acid groups (broad SMARTS) is 1. The monoisotopic (exact) mass is 379 g/mol. The van der Waals surface area contributed by atoms with Crippen molar-refractivity contribution in [2.75, 3.05) is 12.3 Å². The molecule has 1 aromatic rings. The van der Waals surface area contributed by atoms with E-state index < -0.39 is 28.7 Å². The van der Waals surface area contributed by atoms with Gasteiger partial charge in [-0.2, -0.15) is 0 Å². The number of benzene rings is 1. The number of hydrogen-bond acceptors (Lipinski definition) is 7. The van der Waals surface area contributed by atoms with E-state index in [0.717, 1.165) is 18.2 Å². The molecule has 26 heavy (non-hydrogen) atoms. The predicted molar refractivity (Wildman–Crippen MR) is 96.0 cm³/mol. The largest absolute Gasteiger partial charge is 0.481 e. The zero-order valence-electron chi connectivity index (χ0n) is 14.4. The number of thioether (sulfide) groups is 1. The number of hydrogen-bond donors (Lipinski definition) is 2. The number of nitrogens with one attached hydrogen (secondary N) is 1. The van der Waals surface area contributed by atoms with Gasteiger partial charge >= 0.3 is 17.9 Å². The van der Waals surface area contributed by atoms with Crippen molar-refractivity contribution in [3.63, 3.8) is 0 Å². The molecule has 2 rings (SSSR count). The molecule has 1 heterocycles. The summed E-state index contributed by atoms with van der Waals surface area (Å²) >= 11 is 0.780. The van der Waals surface area contributed by atoms with E-state index in [1.807, 2.05) is 0 Å². The van der Waals surface area contributed by atoms with Crippen molar-refractivity contribution in [1.82, 2.24) is 5.32 Å². The first-order valence-corrected chi connectivity index (χ1v) is 9.24. The maximum atomic E-state index is 12.6. The Morgan fingerprint density at radius 2 is 1.96 bits per heavy atom. The van der Waals surface area contributed by atoms with Crippen LogP contribution in [0.5, 0.6) is 0 Å². The minimum atomic E-state index is -1.47. The van der Waals surface area contributed by atoms with Crippen LogP contribution in [0.4, 0.5) is 0 Å². The van der Waals surface area contributed by atoms with Crippen LogP contribution in [-0.2, 0) is 19.1 Å². The smallest absolute Gasteiger partial charge is 0.330 e. The number of carboxylic acids is 1. The van der Waals surface area contributed by atoms with Crippen LogP contribution in [0.2, 0.25) is 0 Å². The molecule has 0 saturated carbocycles. The number of Topliss-reactive ketones (excluding diaryl/α,β-unsaturated/α-hetero) is 1. The van der Waals surface area contributed by atoms with Gasteiger partial charge in [0.05, 0.1) is 5.75 Å². The lowest BCUT2D eigenvalue weighted by atomic mass is 9.99. The highest BCUT2D eigenvalue weighted by Crippen LogP contribution is 2.32. The van der Waals surface area contributed by atoms with Crippen LogP contribution in [0, 0.1) is 0 Å². The van der Waals surface area contributed by atoms with Crippen molar-refractivity contribution >= 4 is 35.5 Å². The molecule has 1 aliphatic rings. The molecule has 140 valence electrons. The number of carbonyl (C=O) groups is 4. The van der Waals surface area contributed by atoms with Gasteiger partial charge in [0.25, 0.3) is 0 Å². The van der Waals surface area contributed by atoms with Gasteiger partial charge in [0, 0.05) is 12.0 Å². The SMILES string of the molecule is CC(CC(=O)c1ccccc1)(SCC(=O)O)C(=O)OC(=O)[C@@H]1CCCN1. The molecule has 0 spiro atoms. The number of ether oxygens (including phenoxy) is 1. The Morgan fingerprint density at radius 1 is 1.27 bits per heavy atom. The van der Waals surface area contributed by atoms with Crippen LogP contribution >= 0.6 is 11.8 Å². The lowest BCUT2D eigenvalue weighted by Gasteiger charge is -2.25. The third-order valence-corrected chi connectivity index (χ3v) is 5.42. The molecule has 7 nitrogen and oxygen atoms in total. The van der Waals surface area contributed by atoms with Gasteiger partial charge in [-0.25, -0.2) is 4.79 Å². The zero-order valence-corrected chi connectivity index (χ0v) is 15.2. The summed E-state index contributed by atoms with van der Waals surface area (Å²) in [5, 5.41) is 11.9. The Bertz CT molecular complexity index is 686. The average Bonchev–Trinajstić information content (AvgIpc) is 3.15. The van der Waals surface area contributed by atoms with Gasteiger partial charge in [-0.3, -0.25) is 14.4 Å². The van der Waals surface area contributed by atoms with Crippen molar-refractivity contribution in [2.45, 2.75) is 37.0 Å². The summed E-state index contributed by atoms with van der Waals surface area (Å²) < 4.78 is 3.49. The average molecular weight is 379 g/mol. The standard InChI is InChI=1S/C18H21NO6S/c1-18(26-11-15(21)22,10-14(20)12-6-3-2-4-7-12)17(24)25-16(23)13-8-5-9-19-13/h2-4,6-7,13,19H,5,8-11H2,1H3,(H,21,22)/t13-,18?/m0/s1. The third-order valence-electron chi connectivity index (χ3n) is 4.08. The van der Waals surface area contributed by atoms with Gasteiger partial charge in [-0.15, -0.1) is 11.8 Å². The second-order valence-electron chi connectivity index (χ2n) is 6.24. The highest BCUT2D eigenvalue weighted by atomic mass is 32.2. The molecule has 1 fully saturated rings. The summed E-state index contributed by atoms with van der Waals surface area (Å²) in [6.07, 6.45) is 1.12. The van der Waals surface area contributed by atoms with Gasteiger partial charge in [0.2, 0.25) is 0 Å². The van der Waals surface area contributed by atoms with E-state index in [2.05, 4.69) is 5.32 Å². The molecule has 0 aromatic heterocycles. The fraction of sp³-hybridized carbons (Fsp3) is 0.444. The van der Waals surface area contributed by atoms with Crippen molar-refractivity contribution in [3.8, 4) is 0 Å². The molecule has 0 aliphatic carbocycles. The second kappa shape index (κ2) is 8.95. The first-order valence-electron chi connectivity index (χ1n) is 8.25. The molecule has 0 amide bonds. The highest BCUT2D eigenvalue weighted by molar-refractivity contribution is 8.02. The van der Waals surface area contributed by atoms with Crippen molar-refractivity contribution in [3.05, 3.63) is 35.9 Å². The summed E-state index contributed by atoms with van der Waals surface area (Å²) in [7, 11) is 0. The first kappa shape index (κ1) is 20.1. The van der Waals surface area contributed by atoms with E-state index in [1.165, 1.54) is 6.92 Å². The predicted octanol–water partition coefficient (Wildman–Crippen LogP) is 1.66. The topological polar surface area (TPSA) is 110 Å². The van der Waals surface area contributed by atoms with Gasteiger partial charge in [0.15, 0.2) is 5.78 Å². The molecule has 8 heteroatoms. The van der Waals surface area contributed by atoms with Crippen LogP contribution in [0.15, 0.2) is 30.3 Å². The van der Waals surface area contributed by atoms with Crippen molar-refractivity contribution in [1.29, 1.82) is 0 Å². The van der Waals surface area contributed by atoms with Crippen LogP contribution in [0.25, 0.3) is 0 Å². The number of esters is 2. The molecule has 2 atom stereocenters. The molecular weight excluding hydrogens is 358 g/mol. The van der Waals surface area contributed by atoms with Crippen LogP contribution in [-0.4, -0.2) is 51.9 Å². The Hall–Kier alpha value is -2.19. The number of carbonyl (C=O) groups excluding carboxylic acids is 3. The Morgan fingerprint density at radius 3 is 2.54 bits per heavy atom. The summed E-state index contributed by atoms with van der Waals surface area (Å²) in [5.74, 6) is -3.42. The summed E-state index contributed by atoms with van der Waals surface area (Å²) in [6, 6.07) is 7.84. The molecular formula is C18H21NO6S. The summed E-state index contributed by atoms with van der Waals surface area (Å²) in [6.45, 7) is 2.10. The van der Waals surface area contributed by atoms with E-state index in [9.17, 15) is 19.2 Å². The van der Waals surface area contributed by atoms with Crippen LogP contribution < -0.4 is 5.32 Å². The Labute approximate surface area is 155 Å². The van der Waals surface area contributed by atoms with Gasteiger partial charge in [0.1, 0.15) is 10.8 Å². The normalized spacial score (nSPS) is 18.7. The fourth-order valence-corrected chi connectivity index (χ4v) is 3.43. The second-order valence-corrected chi connectivity index (χ2v) is 7.72. The molecule has 1 aliphatic heterocycles. The molecule has 2 N–H and O–H groups in total. The maximum Gasteiger partial charge on any atom is 0.330 e. The number of rotatable bonds is 8. The first-order chi connectivity index (χ1) is 12.3. The van der Waals surface area contributed by atoms with E-state index >= 15 is 0 Å².